The van der Waals surface area contributed by atoms with Gasteiger partial charge in [-0.25, -0.2) is 0 Å². The molecule has 0 bridgehead atoms. The number of carbonyl (C=O) groups is 2. The molecule has 1 atom stereocenters. The number of para-hydroxylation sites is 1. The highest BCUT2D eigenvalue weighted by molar-refractivity contribution is 6.04. The lowest BCUT2D eigenvalue weighted by Gasteiger charge is -2.35. The lowest BCUT2D eigenvalue weighted by atomic mass is 9.69. The largest absolute Gasteiger partial charge is 0.459 e. The molecule has 0 heterocycles. The average Bonchev–Trinajstić information content (AvgIpc) is 2.48. The second-order valence-electron chi connectivity index (χ2n) is 7.28. The maximum atomic E-state index is 12.8. The molecule has 0 aromatic heterocycles. The number of nitro benzene ring substituents is 1. The number of ketones is 1. The Morgan fingerprint density at radius 1 is 1.29 bits per heavy atom. The van der Waals surface area contributed by atoms with Gasteiger partial charge in [-0.1, -0.05) is 24.6 Å². The molecule has 1 aliphatic rings. The van der Waals surface area contributed by atoms with Crippen molar-refractivity contribution in [2.75, 3.05) is 0 Å². The van der Waals surface area contributed by atoms with E-state index in [9.17, 15) is 19.7 Å². The summed E-state index contributed by atoms with van der Waals surface area (Å²) in [6, 6.07) is 6.25. The number of carbonyl (C=O) groups excluding carboxylic acids is 2. The van der Waals surface area contributed by atoms with Gasteiger partial charge in [-0.2, -0.15) is 0 Å². The maximum Gasteiger partial charge on any atom is 0.320 e. The fourth-order valence-electron chi connectivity index (χ4n) is 3.11. The fourth-order valence-corrected chi connectivity index (χ4v) is 3.11. The van der Waals surface area contributed by atoms with Gasteiger partial charge in [0.25, 0.3) is 5.69 Å². The Balaban J connectivity index is 2.43. The predicted octanol–water partition coefficient (Wildman–Crippen LogP) is 3.61. The molecule has 6 nitrogen and oxygen atoms in total. The molecule has 0 amide bonds. The number of esters is 1. The Bertz CT molecular complexity index is 662. The van der Waals surface area contributed by atoms with Gasteiger partial charge in [0.2, 0.25) is 0 Å². The summed E-state index contributed by atoms with van der Waals surface area (Å²) in [6.45, 7) is 5.24. The minimum absolute atomic E-state index is 0.0118. The lowest BCUT2D eigenvalue weighted by Crippen LogP contribution is -2.47. The molecule has 24 heavy (non-hydrogen) atoms. The molecule has 1 fully saturated rings. The van der Waals surface area contributed by atoms with E-state index < -0.39 is 21.9 Å². The predicted molar refractivity (Wildman–Crippen MR) is 88.6 cm³/mol. The van der Waals surface area contributed by atoms with Gasteiger partial charge in [-0.3, -0.25) is 19.7 Å². The third-order valence-electron chi connectivity index (χ3n) is 4.26. The number of nitro groups is 1. The minimum Gasteiger partial charge on any atom is -0.459 e. The van der Waals surface area contributed by atoms with E-state index in [4.69, 9.17) is 4.74 Å². The minimum atomic E-state index is -1.32. The normalized spacial score (nSPS) is 21.4. The van der Waals surface area contributed by atoms with Crippen molar-refractivity contribution in [3.63, 3.8) is 0 Å². The lowest BCUT2D eigenvalue weighted by molar-refractivity contribution is -0.385. The van der Waals surface area contributed by atoms with E-state index in [1.807, 2.05) is 0 Å². The van der Waals surface area contributed by atoms with Crippen molar-refractivity contribution in [2.45, 2.75) is 58.5 Å². The zero-order chi connectivity index (χ0) is 18.0. The Labute approximate surface area is 141 Å². The summed E-state index contributed by atoms with van der Waals surface area (Å²) in [5.41, 5.74) is -1.72. The van der Waals surface area contributed by atoms with Crippen LogP contribution in [0, 0.1) is 15.5 Å². The molecule has 0 radical (unpaired) electrons. The molecule has 130 valence electrons. The van der Waals surface area contributed by atoms with Gasteiger partial charge in [0.1, 0.15) is 11.0 Å². The Kier molecular flexibility index (Phi) is 5.06. The smallest absolute Gasteiger partial charge is 0.320 e. The topological polar surface area (TPSA) is 86.5 Å². The molecule has 1 aliphatic carbocycles. The van der Waals surface area contributed by atoms with Gasteiger partial charge in [-0.15, -0.1) is 0 Å². The first kappa shape index (κ1) is 18.1. The van der Waals surface area contributed by atoms with E-state index in [0.717, 1.165) is 12.8 Å². The van der Waals surface area contributed by atoms with Crippen molar-refractivity contribution >= 4 is 17.4 Å². The Morgan fingerprint density at radius 3 is 2.54 bits per heavy atom. The van der Waals surface area contributed by atoms with Crippen LogP contribution in [0.25, 0.3) is 0 Å². The zero-order valence-electron chi connectivity index (χ0n) is 14.3. The van der Waals surface area contributed by atoms with Gasteiger partial charge in [-0.05, 0) is 33.6 Å². The molecule has 2 rings (SSSR count). The van der Waals surface area contributed by atoms with E-state index in [1.54, 1.807) is 39.0 Å². The van der Waals surface area contributed by atoms with Crippen LogP contribution in [-0.2, 0) is 20.7 Å². The molecule has 1 unspecified atom stereocenters. The number of hydrogen-bond donors (Lipinski definition) is 0. The zero-order valence-corrected chi connectivity index (χ0v) is 14.3. The summed E-state index contributed by atoms with van der Waals surface area (Å²) in [6.07, 6.45) is 2.15. The average molecular weight is 333 g/mol. The summed E-state index contributed by atoms with van der Waals surface area (Å²) in [5, 5.41) is 11.3. The number of Topliss-reactive ketones (excluding diaryl/α,β-unsaturated/α-hetero) is 1. The summed E-state index contributed by atoms with van der Waals surface area (Å²) >= 11 is 0. The highest BCUT2D eigenvalue weighted by Crippen LogP contribution is 2.40. The van der Waals surface area contributed by atoms with Crippen LogP contribution in [0.3, 0.4) is 0 Å². The van der Waals surface area contributed by atoms with Crippen molar-refractivity contribution in [3.8, 4) is 0 Å². The van der Waals surface area contributed by atoms with Gasteiger partial charge < -0.3 is 4.74 Å². The monoisotopic (exact) mass is 333 g/mol. The molecular formula is C18H23NO5. The quantitative estimate of drug-likeness (QED) is 0.363. The van der Waals surface area contributed by atoms with Crippen molar-refractivity contribution in [1.29, 1.82) is 0 Å². The van der Waals surface area contributed by atoms with Crippen LogP contribution >= 0.6 is 0 Å². The number of ether oxygens (including phenoxy) is 1. The molecule has 1 aromatic carbocycles. The van der Waals surface area contributed by atoms with Crippen LogP contribution in [-0.4, -0.2) is 22.3 Å². The van der Waals surface area contributed by atoms with Gasteiger partial charge >= 0.3 is 5.97 Å². The van der Waals surface area contributed by atoms with E-state index >= 15 is 0 Å². The molecule has 0 spiro atoms. The second-order valence-corrected chi connectivity index (χ2v) is 7.28. The third-order valence-corrected chi connectivity index (χ3v) is 4.26. The number of rotatable bonds is 4. The van der Waals surface area contributed by atoms with Crippen LogP contribution < -0.4 is 0 Å². The first-order valence-corrected chi connectivity index (χ1v) is 8.15. The maximum absolute atomic E-state index is 12.8. The molecule has 1 aromatic rings. The van der Waals surface area contributed by atoms with Crippen molar-refractivity contribution in [3.05, 3.63) is 39.9 Å². The Hall–Kier alpha value is -2.24. The van der Waals surface area contributed by atoms with Crippen LogP contribution in [0.5, 0.6) is 0 Å². The van der Waals surface area contributed by atoms with Crippen molar-refractivity contribution < 1.29 is 19.2 Å². The number of nitrogens with zero attached hydrogens (tertiary/aromatic N) is 1. The van der Waals surface area contributed by atoms with E-state index in [-0.39, 0.29) is 17.9 Å². The van der Waals surface area contributed by atoms with Crippen LogP contribution in [0.4, 0.5) is 5.69 Å². The van der Waals surface area contributed by atoms with Gasteiger partial charge in [0.15, 0.2) is 5.78 Å². The van der Waals surface area contributed by atoms with E-state index in [2.05, 4.69) is 0 Å². The summed E-state index contributed by atoms with van der Waals surface area (Å²) in [5.74, 6) is -0.751. The first-order valence-electron chi connectivity index (χ1n) is 8.15. The fraction of sp³-hybridized carbons (Fsp3) is 0.556. The van der Waals surface area contributed by atoms with Crippen LogP contribution in [0.15, 0.2) is 24.3 Å². The number of benzene rings is 1. The molecule has 6 heteroatoms. The summed E-state index contributed by atoms with van der Waals surface area (Å²) < 4.78 is 5.49. The summed E-state index contributed by atoms with van der Waals surface area (Å²) in [4.78, 5) is 36.2. The standard InChI is InChI=1S/C18H23NO5/c1-17(2,3)24-16(21)18(11-7-6-10-15(18)20)12-13-8-4-5-9-14(13)19(22)23/h4-5,8-9H,6-7,10-12H2,1-3H3. The van der Waals surface area contributed by atoms with Crippen molar-refractivity contribution in [1.82, 2.24) is 0 Å². The first-order chi connectivity index (χ1) is 11.2. The van der Waals surface area contributed by atoms with Gasteiger partial charge in [0, 0.05) is 24.5 Å². The second kappa shape index (κ2) is 6.71. The third kappa shape index (κ3) is 3.80. The number of hydrogen-bond acceptors (Lipinski definition) is 5. The van der Waals surface area contributed by atoms with E-state index in [0.29, 0.717) is 18.4 Å². The molecule has 1 saturated carbocycles. The Morgan fingerprint density at radius 2 is 1.96 bits per heavy atom. The van der Waals surface area contributed by atoms with Crippen LogP contribution in [0.1, 0.15) is 52.0 Å². The van der Waals surface area contributed by atoms with Crippen LogP contribution in [0.2, 0.25) is 0 Å². The van der Waals surface area contributed by atoms with Gasteiger partial charge in [0.05, 0.1) is 4.92 Å². The molecule has 0 saturated heterocycles. The summed E-state index contributed by atoms with van der Waals surface area (Å²) in [7, 11) is 0. The van der Waals surface area contributed by atoms with Crippen molar-refractivity contribution in [2.24, 2.45) is 5.41 Å². The SMILES string of the molecule is CC(C)(C)OC(=O)C1(Cc2ccccc2[N+](=O)[O-])CCCCC1=O. The highest BCUT2D eigenvalue weighted by Gasteiger charge is 2.49. The highest BCUT2D eigenvalue weighted by atomic mass is 16.6. The van der Waals surface area contributed by atoms with E-state index in [1.165, 1.54) is 6.07 Å². The molecule has 0 N–H and O–H groups in total. The molecule has 0 aliphatic heterocycles. The molecular weight excluding hydrogens is 310 g/mol.